The van der Waals surface area contributed by atoms with E-state index in [1.54, 1.807) is 24.3 Å². The van der Waals surface area contributed by atoms with Crippen LogP contribution in [-0.4, -0.2) is 41.4 Å². The highest BCUT2D eigenvalue weighted by molar-refractivity contribution is 7.88. The Labute approximate surface area is 164 Å². The third-order valence-electron chi connectivity index (χ3n) is 3.79. The molecule has 2 aromatic carbocycles. The van der Waals surface area contributed by atoms with E-state index in [1.165, 1.54) is 16.9 Å². The number of nitrogens with zero attached hydrogens (tertiary/aromatic N) is 4. The number of hydrogen-bond donors (Lipinski definition) is 2. The Bertz CT molecular complexity index is 1080. The van der Waals surface area contributed by atoms with E-state index in [-0.39, 0.29) is 13.1 Å². The van der Waals surface area contributed by atoms with Gasteiger partial charge in [-0.25, -0.2) is 13.1 Å². The van der Waals surface area contributed by atoms with Crippen LogP contribution in [0.4, 0.5) is 24.5 Å². The molecule has 8 nitrogen and oxygen atoms in total. The van der Waals surface area contributed by atoms with Crippen LogP contribution in [0.1, 0.15) is 5.56 Å². The molecule has 0 aliphatic rings. The first-order valence-corrected chi connectivity index (χ1v) is 10.3. The highest BCUT2D eigenvalue weighted by Crippen LogP contribution is 2.32. The van der Waals surface area contributed by atoms with Crippen molar-refractivity contribution in [3.63, 3.8) is 0 Å². The fourth-order valence-electron chi connectivity index (χ4n) is 2.46. The first kappa shape index (κ1) is 20.7. The van der Waals surface area contributed by atoms with Gasteiger partial charge in [-0.1, -0.05) is 12.1 Å². The van der Waals surface area contributed by atoms with E-state index in [1.807, 2.05) is 0 Å². The van der Waals surface area contributed by atoms with Crippen LogP contribution in [0.3, 0.4) is 0 Å². The molecule has 0 spiro atoms. The predicted octanol–water partition coefficient (Wildman–Crippen LogP) is 2.65. The molecule has 1 heterocycles. The molecule has 0 amide bonds. The minimum atomic E-state index is -4.40. The molecule has 0 atom stereocenters. The number of nitrogens with one attached hydrogen (secondary N) is 2. The highest BCUT2D eigenvalue weighted by atomic mass is 32.2. The Morgan fingerprint density at radius 1 is 1.07 bits per heavy atom. The summed E-state index contributed by atoms with van der Waals surface area (Å²) < 4.78 is 62.6. The monoisotopic (exact) mass is 426 g/mol. The molecule has 3 rings (SSSR count). The molecule has 0 saturated carbocycles. The quantitative estimate of drug-likeness (QED) is 0.602. The van der Waals surface area contributed by atoms with Crippen LogP contribution in [-0.2, 0) is 22.7 Å². The van der Waals surface area contributed by atoms with Gasteiger partial charge in [0.1, 0.15) is 0 Å². The molecular formula is C17H17F3N6O2S. The summed E-state index contributed by atoms with van der Waals surface area (Å²) >= 11 is 0. The SMILES string of the molecule is CS(=O)(=O)NCCn1nnc(-c2ccccc2Nc2ccc(C(F)(F)F)cc2)n1. The van der Waals surface area contributed by atoms with Gasteiger partial charge >= 0.3 is 6.18 Å². The van der Waals surface area contributed by atoms with Gasteiger partial charge in [-0.3, -0.25) is 0 Å². The van der Waals surface area contributed by atoms with Gasteiger partial charge in [0.05, 0.1) is 18.4 Å². The summed E-state index contributed by atoms with van der Waals surface area (Å²) in [5.74, 6) is 0.291. The van der Waals surface area contributed by atoms with Gasteiger partial charge in [0, 0.05) is 23.5 Å². The van der Waals surface area contributed by atoms with Crippen LogP contribution in [0, 0.1) is 0 Å². The van der Waals surface area contributed by atoms with Crippen molar-refractivity contribution in [2.45, 2.75) is 12.7 Å². The summed E-state index contributed by atoms with van der Waals surface area (Å²) in [6.07, 6.45) is -3.35. The molecular weight excluding hydrogens is 409 g/mol. The lowest BCUT2D eigenvalue weighted by molar-refractivity contribution is -0.137. The fourth-order valence-corrected chi connectivity index (χ4v) is 2.92. The Morgan fingerprint density at radius 2 is 1.76 bits per heavy atom. The number of para-hydroxylation sites is 1. The third kappa shape index (κ3) is 5.74. The van der Waals surface area contributed by atoms with Crippen LogP contribution in [0.25, 0.3) is 11.4 Å². The maximum Gasteiger partial charge on any atom is 0.416 e. The number of hydrogen-bond acceptors (Lipinski definition) is 6. The van der Waals surface area contributed by atoms with E-state index in [9.17, 15) is 21.6 Å². The van der Waals surface area contributed by atoms with Gasteiger partial charge in [0.2, 0.25) is 15.8 Å². The number of aromatic nitrogens is 4. The highest BCUT2D eigenvalue weighted by Gasteiger charge is 2.29. The molecule has 29 heavy (non-hydrogen) atoms. The van der Waals surface area contributed by atoms with Crippen molar-refractivity contribution in [3.8, 4) is 11.4 Å². The minimum Gasteiger partial charge on any atom is -0.355 e. The number of rotatable bonds is 7. The van der Waals surface area contributed by atoms with Gasteiger partial charge in [0.25, 0.3) is 0 Å². The maximum absolute atomic E-state index is 12.7. The van der Waals surface area contributed by atoms with Crippen molar-refractivity contribution < 1.29 is 21.6 Å². The van der Waals surface area contributed by atoms with Crippen molar-refractivity contribution in [2.24, 2.45) is 0 Å². The van der Waals surface area contributed by atoms with E-state index in [0.29, 0.717) is 22.8 Å². The van der Waals surface area contributed by atoms with Gasteiger partial charge in [-0.15, -0.1) is 10.2 Å². The van der Waals surface area contributed by atoms with Crippen LogP contribution < -0.4 is 10.0 Å². The lowest BCUT2D eigenvalue weighted by Crippen LogP contribution is -2.26. The van der Waals surface area contributed by atoms with Gasteiger partial charge in [-0.2, -0.15) is 18.0 Å². The second-order valence-corrected chi connectivity index (χ2v) is 7.95. The molecule has 0 unspecified atom stereocenters. The number of alkyl halides is 3. The first-order valence-electron chi connectivity index (χ1n) is 8.38. The summed E-state index contributed by atoms with van der Waals surface area (Å²) in [5, 5.41) is 15.1. The van der Waals surface area contributed by atoms with E-state index >= 15 is 0 Å². The smallest absolute Gasteiger partial charge is 0.355 e. The third-order valence-corrected chi connectivity index (χ3v) is 4.52. The lowest BCUT2D eigenvalue weighted by Gasteiger charge is -2.11. The molecule has 0 saturated heterocycles. The summed E-state index contributed by atoms with van der Waals surface area (Å²) in [4.78, 5) is 1.25. The predicted molar refractivity (Wildman–Crippen MR) is 101 cm³/mol. The molecule has 0 fully saturated rings. The molecule has 1 aromatic heterocycles. The van der Waals surface area contributed by atoms with Crippen LogP contribution in [0.2, 0.25) is 0 Å². The Hall–Kier alpha value is -2.99. The number of benzene rings is 2. The molecule has 2 N–H and O–H groups in total. The average Bonchev–Trinajstić information content (AvgIpc) is 3.09. The zero-order valence-electron chi connectivity index (χ0n) is 15.2. The van der Waals surface area contributed by atoms with Gasteiger partial charge < -0.3 is 5.32 Å². The summed E-state index contributed by atoms with van der Waals surface area (Å²) in [7, 11) is -3.31. The largest absolute Gasteiger partial charge is 0.416 e. The van der Waals surface area contributed by atoms with E-state index in [4.69, 9.17) is 0 Å². The average molecular weight is 426 g/mol. The Kier molecular flexibility index (Phi) is 5.84. The minimum absolute atomic E-state index is 0.111. The molecule has 154 valence electrons. The molecule has 0 aliphatic heterocycles. The number of tetrazole rings is 1. The molecule has 0 radical (unpaired) electrons. The molecule has 3 aromatic rings. The maximum atomic E-state index is 12.7. The second kappa shape index (κ2) is 8.17. The van der Waals surface area contributed by atoms with E-state index in [0.717, 1.165) is 18.4 Å². The number of halogens is 3. The topological polar surface area (TPSA) is 102 Å². The molecule has 12 heteroatoms. The van der Waals surface area contributed by atoms with Crippen molar-refractivity contribution in [1.82, 2.24) is 24.9 Å². The fraction of sp³-hybridized carbons (Fsp3) is 0.235. The standard InChI is InChI=1S/C17H17F3N6O2S/c1-29(27,28)21-10-11-26-24-16(23-25-26)14-4-2-3-5-15(14)22-13-8-6-12(7-9-13)17(18,19)20/h2-9,21-22H,10-11H2,1H3. The summed E-state index contributed by atoms with van der Waals surface area (Å²) in [6.45, 7) is 0.300. The van der Waals surface area contributed by atoms with Crippen molar-refractivity contribution in [1.29, 1.82) is 0 Å². The Balaban J connectivity index is 1.76. The summed E-state index contributed by atoms with van der Waals surface area (Å²) in [6, 6.07) is 11.7. The number of anilines is 2. The molecule has 0 bridgehead atoms. The second-order valence-electron chi connectivity index (χ2n) is 6.12. The van der Waals surface area contributed by atoms with E-state index in [2.05, 4.69) is 25.4 Å². The van der Waals surface area contributed by atoms with Crippen molar-refractivity contribution in [2.75, 3.05) is 18.1 Å². The van der Waals surface area contributed by atoms with Crippen LogP contribution >= 0.6 is 0 Å². The Morgan fingerprint density at radius 3 is 2.41 bits per heavy atom. The van der Waals surface area contributed by atoms with Crippen LogP contribution in [0.5, 0.6) is 0 Å². The zero-order valence-corrected chi connectivity index (χ0v) is 16.0. The summed E-state index contributed by atoms with van der Waals surface area (Å²) in [5.41, 5.74) is 0.912. The normalized spacial score (nSPS) is 12.1. The van der Waals surface area contributed by atoms with Gasteiger partial charge in [0.15, 0.2) is 0 Å². The number of sulfonamides is 1. The molecule has 0 aliphatic carbocycles. The van der Waals surface area contributed by atoms with Crippen molar-refractivity contribution in [3.05, 3.63) is 54.1 Å². The first-order chi connectivity index (χ1) is 13.6. The van der Waals surface area contributed by atoms with Crippen LogP contribution in [0.15, 0.2) is 48.5 Å². The van der Waals surface area contributed by atoms with E-state index < -0.39 is 21.8 Å². The lowest BCUT2D eigenvalue weighted by atomic mass is 10.1. The van der Waals surface area contributed by atoms with Gasteiger partial charge in [-0.05, 0) is 41.6 Å². The zero-order chi connectivity index (χ0) is 21.1. The van der Waals surface area contributed by atoms with Crippen molar-refractivity contribution >= 4 is 21.4 Å².